The summed E-state index contributed by atoms with van der Waals surface area (Å²) in [5.74, 6) is 2.39. The fraction of sp³-hybridized carbons (Fsp3) is 0.667. The van der Waals surface area contributed by atoms with E-state index in [2.05, 4.69) is 31.3 Å². The van der Waals surface area contributed by atoms with Crippen molar-refractivity contribution in [3.63, 3.8) is 0 Å². The molecule has 0 radical (unpaired) electrons. The molecule has 118 valence electrons. The molecule has 21 heavy (non-hydrogen) atoms. The van der Waals surface area contributed by atoms with Crippen molar-refractivity contribution in [3.8, 4) is 11.5 Å². The molecule has 2 atom stereocenters. The van der Waals surface area contributed by atoms with Crippen molar-refractivity contribution in [3.05, 3.63) is 23.8 Å². The molecule has 1 aliphatic heterocycles. The molecule has 0 spiro atoms. The molecule has 0 aliphatic carbocycles. The topological polar surface area (TPSA) is 30.5 Å². The summed E-state index contributed by atoms with van der Waals surface area (Å²) in [5.41, 5.74) is 1.72. The summed E-state index contributed by atoms with van der Waals surface area (Å²) in [5, 5.41) is 3.56. The SMILES string of the molecule is CCCC1CNCCC1(C)Cc1ccc(OC)c(OC)c1. The Morgan fingerprint density at radius 2 is 2.00 bits per heavy atom. The van der Waals surface area contributed by atoms with Gasteiger partial charge in [-0.15, -0.1) is 0 Å². The lowest BCUT2D eigenvalue weighted by atomic mass is 9.67. The van der Waals surface area contributed by atoms with Gasteiger partial charge in [0.2, 0.25) is 0 Å². The van der Waals surface area contributed by atoms with E-state index in [1.807, 2.05) is 6.07 Å². The van der Waals surface area contributed by atoms with Crippen LogP contribution in [0.15, 0.2) is 18.2 Å². The first kappa shape index (κ1) is 16.2. The molecule has 0 bridgehead atoms. The van der Waals surface area contributed by atoms with Crippen LogP contribution in [0, 0.1) is 11.3 Å². The average molecular weight is 291 g/mol. The van der Waals surface area contributed by atoms with Gasteiger partial charge >= 0.3 is 0 Å². The number of piperidine rings is 1. The van der Waals surface area contributed by atoms with Crippen molar-refractivity contribution in [2.75, 3.05) is 27.3 Å². The number of benzene rings is 1. The van der Waals surface area contributed by atoms with Crippen molar-refractivity contribution < 1.29 is 9.47 Å². The molecule has 0 amide bonds. The predicted octanol–water partition coefficient (Wildman–Crippen LogP) is 3.66. The molecule has 1 fully saturated rings. The molecule has 1 aromatic carbocycles. The summed E-state index contributed by atoms with van der Waals surface area (Å²) in [4.78, 5) is 0. The summed E-state index contributed by atoms with van der Waals surface area (Å²) >= 11 is 0. The van der Waals surface area contributed by atoms with E-state index in [1.165, 1.54) is 24.8 Å². The first-order valence-electron chi connectivity index (χ1n) is 8.04. The second-order valence-electron chi connectivity index (χ2n) is 6.46. The Balaban J connectivity index is 2.18. The highest BCUT2D eigenvalue weighted by molar-refractivity contribution is 5.43. The largest absolute Gasteiger partial charge is 0.493 e. The van der Waals surface area contributed by atoms with E-state index >= 15 is 0 Å². The Kier molecular flexibility index (Phi) is 5.51. The van der Waals surface area contributed by atoms with Crippen LogP contribution in [0.1, 0.15) is 38.7 Å². The summed E-state index contributed by atoms with van der Waals surface area (Å²) < 4.78 is 10.8. The molecule has 2 unspecified atom stereocenters. The smallest absolute Gasteiger partial charge is 0.160 e. The third-order valence-corrected chi connectivity index (χ3v) is 4.94. The van der Waals surface area contributed by atoms with E-state index in [0.717, 1.165) is 36.9 Å². The molecule has 1 saturated heterocycles. The molecule has 2 rings (SSSR count). The van der Waals surface area contributed by atoms with Gasteiger partial charge in [-0.2, -0.15) is 0 Å². The molecular formula is C18H29NO2. The maximum atomic E-state index is 5.44. The van der Waals surface area contributed by atoms with Crippen LogP contribution in [-0.2, 0) is 6.42 Å². The van der Waals surface area contributed by atoms with Gasteiger partial charge in [-0.25, -0.2) is 0 Å². The Bertz CT molecular complexity index is 459. The second-order valence-corrected chi connectivity index (χ2v) is 6.46. The van der Waals surface area contributed by atoms with Gasteiger partial charge in [0.05, 0.1) is 14.2 Å². The van der Waals surface area contributed by atoms with Crippen molar-refractivity contribution in [2.24, 2.45) is 11.3 Å². The number of methoxy groups -OCH3 is 2. The predicted molar refractivity (Wildman–Crippen MR) is 87.2 cm³/mol. The van der Waals surface area contributed by atoms with Crippen LogP contribution >= 0.6 is 0 Å². The highest BCUT2D eigenvalue weighted by Crippen LogP contribution is 2.40. The quantitative estimate of drug-likeness (QED) is 0.867. The molecular weight excluding hydrogens is 262 g/mol. The summed E-state index contributed by atoms with van der Waals surface area (Å²) in [6.07, 6.45) is 4.91. The van der Waals surface area contributed by atoms with Gasteiger partial charge in [-0.1, -0.05) is 26.3 Å². The maximum absolute atomic E-state index is 5.44. The number of nitrogens with one attached hydrogen (secondary N) is 1. The number of ether oxygens (including phenoxy) is 2. The standard InChI is InChI=1S/C18H29NO2/c1-5-6-15-13-19-10-9-18(15,2)12-14-7-8-16(20-3)17(11-14)21-4/h7-8,11,15,19H,5-6,9-10,12-13H2,1-4H3. The monoisotopic (exact) mass is 291 g/mol. The number of hydrogen-bond acceptors (Lipinski definition) is 3. The molecule has 1 heterocycles. The Labute approximate surface area is 129 Å². The zero-order chi connectivity index (χ0) is 15.3. The van der Waals surface area contributed by atoms with E-state index in [4.69, 9.17) is 9.47 Å². The van der Waals surface area contributed by atoms with Crippen LogP contribution in [-0.4, -0.2) is 27.3 Å². The summed E-state index contributed by atoms with van der Waals surface area (Å²) in [6.45, 7) is 7.01. The first-order valence-corrected chi connectivity index (χ1v) is 8.04. The summed E-state index contributed by atoms with van der Waals surface area (Å²) in [7, 11) is 3.39. The minimum Gasteiger partial charge on any atom is -0.493 e. The molecule has 1 aliphatic rings. The normalized spacial score (nSPS) is 25.6. The molecule has 0 aromatic heterocycles. The van der Waals surface area contributed by atoms with Gasteiger partial charge in [0, 0.05) is 0 Å². The first-order chi connectivity index (χ1) is 10.1. The van der Waals surface area contributed by atoms with Crippen LogP contribution in [0.2, 0.25) is 0 Å². The van der Waals surface area contributed by atoms with Crippen molar-refractivity contribution in [1.29, 1.82) is 0 Å². The fourth-order valence-electron chi connectivity index (χ4n) is 3.59. The van der Waals surface area contributed by atoms with Crippen LogP contribution in [0.5, 0.6) is 11.5 Å². The molecule has 1 N–H and O–H groups in total. The third kappa shape index (κ3) is 3.70. The van der Waals surface area contributed by atoms with Crippen LogP contribution in [0.3, 0.4) is 0 Å². The maximum Gasteiger partial charge on any atom is 0.160 e. The van der Waals surface area contributed by atoms with Crippen molar-refractivity contribution >= 4 is 0 Å². The van der Waals surface area contributed by atoms with E-state index < -0.39 is 0 Å². The number of hydrogen-bond donors (Lipinski definition) is 1. The van der Waals surface area contributed by atoms with E-state index in [0.29, 0.717) is 5.41 Å². The van der Waals surface area contributed by atoms with E-state index in [1.54, 1.807) is 14.2 Å². The van der Waals surface area contributed by atoms with Gasteiger partial charge in [-0.05, 0) is 61.4 Å². The Hall–Kier alpha value is -1.22. The summed E-state index contributed by atoms with van der Waals surface area (Å²) in [6, 6.07) is 6.33. The van der Waals surface area contributed by atoms with Gasteiger partial charge in [0.1, 0.15) is 0 Å². The van der Waals surface area contributed by atoms with Crippen molar-refractivity contribution in [2.45, 2.75) is 39.5 Å². The zero-order valence-corrected chi connectivity index (χ0v) is 13.9. The second kappa shape index (κ2) is 7.17. The average Bonchev–Trinajstić information content (AvgIpc) is 2.49. The van der Waals surface area contributed by atoms with Gasteiger partial charge in [0.15, 0.2) is 11.5 Å². The van der Waals surface area contributed by atoms with Crippen LogP contribution in [0.25, 0.3) is 0 Å². The minimum absolute atomic E-state index is 0.376. The fourth-order valence-corrected chi connectivity index (χ4v) is 3.59. The highest BCUT2D eigenvalue weighted by Gasteiger charge is 2.35. The van der Waals surface area contributed by atoms with E-state index in [-0.39, 0.29) is 0 Å². The Morgan fingerprint density at radius 3 is 2.67 bits per heavy atom. The van der Waals surface area contributed by atoms with Gasteiger partial charge in [0.25, 0.3) is 0 Å². The molecule has 0 saturated carbocycles. The van der Waals surface area contributed by atoms with Crippen LogP contribution < -0.4 is 14.8 Å². The third-order valence-electron chi connectivity index (χ3n) is 4.94. The molecule has 3 heteroatoms. The lowest BCUT2D eigenvalue weighted by Crippen LogP contribution is -2.44. The molecule has 1 aromatic rings. The van der Waals surface area contributed by atoms with Crippen molar-refractivity contribution in [1.82, 2.24) is 5.32 Å². The van der Waals surface area contributed by atoms with E-state index in [9.17, 15) is 0 Å². The number of rotatable bonds is 6. The molecule has 3 nitrogen and oxygen atoms in total. The highest BCUT2D eigenvalue weighted by atomic mass is 16.5. The van der Waals surface area contributed by atoms with Crippen LogP contribution in [0.4, 0.5) is 0 Å². The van der Waals surface area contributed by atoms with Gasteiger partial charge in [-0.3, -0.25) is 0 Å². The lowest BCUT2D eigenvalue weighted by Gasteiger charge is -2.42. The minimum atomic E-state index is 0.376. The Morgan fingerprint density at radius 1 is 1.24 bits per heavy atom. The van der Waals surface area contributed by atoms with Gasteiger partial charge < -0.3 is 14.8 Å². The lowest BCUT2D eigenvalue weighted by molar-refractivity contribution is 0.120. The zero-order valence-electron chi connectivity index (χ0n) is 13.9.